The average Bonchev–Trinajstić information content (AvgIpc) is 3.16. The fourth-order valence-corrected chi connectivity index (χ4v) is 3.72. The summed E-state index contributed by atoms with van der Waals surface area (Å²) in [7, 11) is 0. The molecule has 3 aromatic rings. The zero-order chi connectivity index (χ0) is 20.1. The van der Waals surface area contributed by atoms with Gasteiger partial charge in [0.15, 0.2) is 5.69 Å². The number of nitrogens with zero attached hydrogens (tertiary/aromatic N) is 1. The highest BCUT2D eigenvalue weighted by Gasteiger charge is 2.10. The maximum absolute atomic E-state index is 11.0. The lowest BCUT2D eigenvalue weighted by Crippen LogP contribution is -2.09. The van der Waals surface area contributed by atoms with E-state index in [9.17, 15) is 4.79 Å². The predicted octanol–water partition coefficient (Wildman–Crippen LogP) is 5.40. The monoisotopic (exact) mass is 397 g/mol. The number of carboxylic acid groups (broad SMARTS) is 1. The summed E-state index contributed by atoms with van der Waals surface area (Å²) in [6.07, 6.45) is 0. The summed E-state index contributed by atoms with van der Waals surface area (Å²) in [6, 6.07) is 13.6. The standard InChI is InChI=1S/C22H23NO4S/c1-14(2)19-8-7-18(11-15(19)3)27-10-9-26-17-6-4-5-16(12-17)21-23-20(13-28-21)22(24)25/h4-8,11-14H,9-10H2,1-3H3,(H,24,25). The van der Waals surface area contributed by atoms with Crippen LogP contribution in [0.15, 0.2) is 47.8 Å². The van der Waals surface area contributed by atoms with Crippen LogP contribution in [0, 0.1) is 6.92 Å². The second kappa shape index (κ2) is 8.89. The Bertz CT molecular complexity index is 965. The van der Waals surface area contributed by atoms with Crippen LogP contribution in [0.3, 0.4) is 0 Å². The first-order valence-corrected chi connectivity index (χ1v) is 9.97. The third-order valence-corrected chi connectivity index (χ3v) is 5.18. The van der Waals surface area contributed by atoms with Crippen molar-refractivity contribution in [2.75, 3.05) is 13.2 Å². The van der Waals surface area contributed by atoms with Crippen molar-refractivity contribution in [2.45, 2.75) is 26.7 Å². The maximum atomic E-state index is 11.0. The molecule has 1 heterocycles. The third-order valence-electron chi connectivity index (χ3n) is 4.29. The molecule has 1 aromatic heterocycles. The highest BCUT2D eigenvalue weighted by Crippen LogP contribution is 2.27. The van der Waals surface area contributed by atoms with E-state index >= 15 is 0 Å². The van der Waals surface area contributed by atoms with Crippen molar-refractivity contribution in [2.24, 2.45) is 0 Å². The van der Waals surface area contributed by atoms with Gasteiger partial charge in [-0.3, -0.25) is 0 Å². The molecule has 0 aliphatic carbocycles. The normalized spacial score (nSPS) is 10.9. The molecule has 0 saturated heterocycles. The van der Waals surface area contributed by atoms with E-state index in [1.54, 1.807) is 0 Å². The molecule has 0 radical (unpaired) electrons. The summed E-state index contributed by atoms with van der Waals surface area (Å²) in [5.74, 6) is 1.00. The van der Waals surface area contributed by atoms with E-state index in [2.05, 4.69) is 37.9 Å². The van der Waals surface area contributed by atoms with Crippen LogP contribution in [-0.4, -0.2) is 29.3 Å². The van der Waals surface area contributed by atoms with E-state index < -0.39 is 5.97 Å². The van der Waals surface area contributed by atoms with E-state index in [0.29, 0.717) is 29.9 Å². The minimum atomic E-state index is -1.02. The number of aromatic carboxylic acids is 1. The largest absolute Gasteiger partial charge is 0.490 e. The lowest BCUT2D eigenvalue weighted by molar-refractivity contribution is 0.0691. The molecule has 3 rings (SSSR count). The van der Waals surface area contributed by atoms with E-state index in [4.69, 9.17) is 14.6 Å². The summed E-state index contributed by atoms with van der Waals surface area (Å²) in [6.45, 7) is 7.30. The van der Waals surface area contributed by atoms with Gasteiger partial charge in [0.1, 0.15) is 29.7 Å². The number of thiazole rings is 1. The molecule has 0 amide bonds. The number of ether oxygens (including phenoxy) is 2. The molecule has 146 valence electrons. The Labute approximate surface area is 168 Å². The number of hydrogen-bond donors (Lipinski definition) is 1. The number of carbonyl (C=O) groups is 1. The Morgan fingerprint density at radius 1 is 1.11 bits per heavy atom. The van der Waals surface area contributed by atoms with Gasteiger partial charge in [-0.25, -0.2) is 9.78 Å². The second-order valence-corrected chi connectivity index (χ2v) is 7.60. The topological polar surface area (TPSA) is 68.7 Å². The Hall–Kier alpha value is -2.86. The Balaban J connectivity index is 1.55. The van der Waals surface area contributed by atoms with Crippen molar-refractivity contribution in [1.29, 1.82) is 0 Å². The van der Waals surface area contributed by atoms with E-state index in [1.807, 2.05) is 30.3 Å². The number of aryl methyl sites for hydroxylation is 1. The summed E-state index contributed by atoms with van der Waals surface area (Å²) < 4.78 is 11.6. The summed E-state index contributed by atoms with van der Waals surface area (Å²) in [5, 5.41) is 11.2. The highest BCUT2D eigenvalue weighted by molar-refractivity contribution is 7.13. The third kappa shape index (κ3) is 4.89. The zero-order valence-electron chi connectivity index (χ0n) is 16.1. The van der Waals surface area contributed by atoms with Crippen molar-refractivity contribution in [3.05, 3.63) is 64.7 Å². The number of carboxylic acids is 1. The van der Waals surface area contributed by atoms with Gasteiger partial charge in [-0.05, 0) is 48.2 Å². The lowest BCUT2D eigenvalue weighted by Gasteiger charge is -2.13. The van der Waals surface area contributed by atoms with Crippen molar-refractivity contribution in [3.63, 3.8) is 0 Å². The number of rotatable bonds is 8. The van der Waals surface area contributed by atoms with Gasteiger partial charge in [0, 0.05) is 10.9 Å². The molecule has 0 aliphatic heterocycles. The molecule has 0 atom stereocenters. The molecule has 0 unspecified atom stereocenters. The van der Waals surface area contributed by atoms with Crippen LogP contribution in [0.1, 0.15) is 41.4 Å². The molecule has 1 N–H and O–H groups in total. The first-order chi connectivity index (χ1) is 13.4. The van der Waals surface area contributed by atoms with Gasteiger partial charge >= 0.3 is 5.97 Å². The molecule has 0 spiro atoms. The van der Waals surface area contributed by atoms with Crippen LogP contribution in [0.4, 0.5) is 0 Å². The number of hydrogen-bond acceptors (Lipinski definition) is 5. The lowest BCUT2D eigenvalue weighted by atomic mass is 9.98. The van der Waals surface area contributed by atoms with Crippen LogP contribution in [0.2, 0.25) is 0 Å². The molecule has 28 heavy (non-hydrogen) atoms. The first-order valence-electron chi connectivity index (χ1n) is 9.09. The Morgan fingerprint density at radius 3 is 2.43 bits per heavy atom. The first kappa shape index (κ1) is 19.9. The van der Waals surface area contributed by atoms with Gasteiger partial charge in [-0.2, -0.15) is 0 Å². The van der Waals surface area contributed by atoms with Crippen LogP contribution < -0.4 is 9.47 Å². The molecule has 0 aliphatic rings. The van der Waals surface area contributed by atoms with Crippen LogP contribution >= 0.6 is 11.3 Å². The molecule has 0 fully saturated rings. The highest BCUT2D eigenvalue weighted by atomic mass is 32.1. The maximum Gasteiger partial charge on any atom is 0.355 e. The smallest absolute Gasteiger partial charge is 0.355 e. The van der Waals surface area contributed by atoms with Gasteiger partial charge in [0.05, 0.1) is 0 Å². The van der Waals surface area contributed by atoms with Crippen LogP contribution in [0.5, 0.6) is 11.5 Å². The van der Waals surface area contributed by atoms with E-state index in [0.717, 1.165) is 11.3 Å². The summed E-state index contributed by atoms with van der Waals surface area (Å²) in [4.78, 5) is 15.1. The van der Waals surface area contributed by atoms with Gasteiger partial charge in [0.2, 0.25) is 0 Å². The fraction of sp³-hybridized carbons (Fsp3) is 0.273. The average molecular weight is 397 g/mol. The number of benzene rings is 2. The summed E-state index contributed by atoms with van der Waals surface area (Å²) in [5.41, 5.74) is 3.44. The van der Waals surface area contributed by atoms with Crippen LogP contribution in [0.25, 0.3) is 10.6 Å². The van der Waals surface area contributed by atoms with Crippen molar-refractivity contribution in [3.8, 4) is 22.1 Å². The van der Waals surface area contributed by atoms with Crippen molar-refractivity contribution >= 4 is 17.3 Å². The molecule has 0 saturated carbocycles. The van der Waals surface area contributed by atoms with Crippen LogP contribution in [-0.2, 0) is 0 Å². The molecule has 5 nitrogen and oxygen atoms in total. The van der Waals surface area contributed by atoms with E-state index in [1.165, 1.54) is 27.8 Å². The van der Waals surface area contributed by atoms with Gasteiger partial charge in [-0.1, -0.05) is 32.0 Å². The quantitative estimate of drug-likeness (QED) is 0.516. The van der Waals surface area contributed by atoms with Crippen molar-refractivity contribution < 1.29 is 19.4 Å². The molecule has 2 aromatic carbocycles. The second-order valence-electron chi connectivity index (χ2n) is 6.74. The molecule has 6 heteroatoms. The predicted molar refractivity (Wildman–Crippen MR) is 111 cm³/mol. The molecule has 0 bridgehead atoms. The minimum Gasteiger partial charge on any atom is -0.490 e. The zero-order valence-corrected chi connectivity index (χ0v) is 17.0. The summed E-state index contributed by atoms with van der Waals surface area (Å²) >= 11 is 1.30. The van der Waals surface area contributed by atoms with Gasteiger partial charge in [0.25, 0.3) is 0 Å². The molecular weight excluding hydrogens is 374 g/mol. The molecular formula is C22H23NO4S. The van der Waals surface area contributed by atoms with Crippen molar-refractivity contribution in [1.82, 2.24) is 4.98 Å². The van der Waals surface area contributed by atoms with E-state index in [-0.39, 0.29) is 5.69 Å². The van der Waals surface area contributed by atoms with Gasteiger partial charge in [-0.15, -0.1) is 11.3 Å². The minimum absolute atomic E-state index is 0.0542. The number of aromatic nitrogens is 1. The fourth-order valence-electron chi connectivity index (χ4n) is 2.93. The SMILES string of the molecule is Cc1cc(OCCOc2cccc(-c3nc(C(=O)O)cs3)c2)ccc1C(C)C. The Kier molecular flexibility index (Phi) is 6.31. The van der Waals surface area contributed by atoms with Gasteiger partial charge < -0.3 is 14.6 Å². The Morgan fingerprint density at radius 2 is 1.82 bits per heavy atom.